The van der Waals surface area contributed by atoms with Crippen molar-refractivity contribution < 1.29 is 18.1 Å². The molecule has 0 amide bonds. The molecule has 0 radical (unpaired) electrons. The summed E-state index contributed by atoms with van der Waals surface area (Å²) in [6.07, 6.45) is 1.77. The number of aryl methyl sites for hydroxylation is 1. The third-order valence-electron chi connectivity index (χ3n) is 4.65. The molecule has 0 spiro atoms. The quantitative estimate of drug-likeness (QED) is 0.270. The number of para-hydroxylation sites is 1. The number of nitrogens with zero attached hydrogens (tertiary/aromatic N) is 3. The monoisotopic (exact) mass is 441 g/mol. The van der Waals surface area contributed by atoms with Crippen LogP contribution in [0.1, 0.15) is 12.0 Å². The van der Waals surface area contributed by atoms with E-state index in [0.29, 0.717) is 16.9 Å². The summed E-state index contributed by atoms with van der Waals surface area (Å²) in [7, 11) is -4.02. The van der Waals surface area contributed by atoms with Crippen LogP contribution in [0.2, 0.25) is 0 Å². The van der Waals surface area contributed by atoms with E-state index in [1.54, 1.807) is 6.07 Å². The zero-order valence-electron chi connectivity index (χ0n) is 15.8. The average molecular weight is 442 g/mol. The highest BCUT2D eigenvalue weighted by molar-refractivity contribution is 7.85. The molecule has 0 saturated carbocycles. The molecule has 0 aliphatic heterocycles. The number of rotatable bonds is 6. The van der Waals surface area contributed by atoms with Crippen molar-refractivity contribution in [3.8, 4) is 5.75 Å². The summed E-state index contributed by atoms with van der Waals surface area (Å²) in [5.74, 6) is -0.207. The fourth-order valence-electron chi connectivity index (χ4n) is 3.27. The van der Waals surface area contributed by atoms with E-state index in [-0.39, 0.29) is 17.9 Å². The van der Waals surface area contributed by atoms with Gasteiger partial charge in [-0.3, -0.25) is 4.55 Å². The van der Waals surface area contributed by atoms with Crippen LogP contribution >= 0.6 is 11.3 Å². The van der Waals surface area contributed by atoms with Gasteiger partial charge in [0, 0.05) is 12.1 Å². The Morgan fingerprint density at radius 2 is 1.80 bits per heavy atom. The average Bonchev–Trinajstić information content (AvgIpc) is 3.06. The summed E-state index contributed by atoms with van der Waals surface area (Å²) >= 11 is 1.43. The Morgan fingerprint density at radius 3 is 2.63 bits per heavy atom. The Morgan fingerprint density at radius 1 is 1.03 bits per heavy atom. The summed E-state index contributed by atoms with van der Waals surface area (Å²) in [6, 6.07) is 18.9. The molecular formula is C21H19N3O4S2. The summed E-state index contributed by atoms with van der Waals surface area (Å²) in [4.78, 5) is 0.600. The number of thiazole rings is 1. The van der Waals surface area contributed by atoms with Gasteiger partial charge < -0.3 is 9.67 Å². The van der Waals surface area contributed by atoms with Crippen molar-refractivity contribution in [3.63, 3.8) is 0 Å². The van der Waals surface area contributed by atoms with Crippen LogP contribution in [0.3, 0.4) is 0 Å². The molecule has 4 rings (SSSR count). The van der Waals surface area contributed by atoms with E-state index < -0.39 is 10.1 Å². The molecule has 0 aliphatic carbocycles. The second-order valence-electron chi connectivity index (χ2n) is 6.71. The predicted octanol–water partition coefficient (Wildman–Crippen LogP) is 3.77. The number of aromatic nitrogens is 1. The summed E-state index contributed by atoms with van der Waals surface area (Å²) in [5, 5.41) is 20.6. The maximum atomic E-state index is 11.1. The van der Waals surface area contributed by atoms with Crippen molar-refractivity contribution in [3.05, 3.63) is 71.0 Å². The molecule has 0 unspecified atom stereocenters. The van der Waals surface area contributed by atoms with Gasteiger partial charge in [0.15, 0.2) is 0 Å². The van der Waals surface area contributed by atoms with E-state index in [1.807, 2.05) is 59.2 Å². The zero-order chi connectivity index (χ0) is 21.1. The van der Waals surface area contributed by atoms with E-state index in [2.05, 4.69) is 10.2 Å². The Bertz CT molecular complexity index is 1420. The van der Waals surface area contributed by atoms with Crippen LogP contribution in [0.25, 0.3) is 21.0 Å². The fraction of sp³-hybridized carbons (Fsp3) is 0.143. The topological polar surface area (TPSA) is 104 Å². The first-order valence-corrected chi connectivity index (χ1v) is 11.7. The van der Waals surface area contributed by atoms with Gasteiger partial charge in [0.05, 0.1) is 22.2 Å². The first-order valence-electron chi connectivity index (χ1n) is 9.24. The van der Waals surface area contributed by atoms with Crippen LogP contribution in [0.4, 0.5) is 0 Å². The predicted molar refractivity (Wildman–Crippen MR) is 120 cm³/mol. The first kappa shape index (κ1) is 20.3. The highest BCUT2D eigenvalue weighted by Gasteiger charge is 2.09. The molecule has 154 valence electrons. The van der Waals surface area contributed by atoms with Crippen LogP contribution in [0, 0.1) is 0 Å². The largest absolute Gasteiger partial charge is 0.507 e. The number of fused-ring (bicyclic) bond motifs is 2. The van der Waals surface area contributed by atoms with Crippen LogP contribution < -0.4 is 4.80 Å². The van der Waals surface area contributed by atoms with Gasteiger partial charge in [-0.1, -0.05) is 53.8 Å². The van der Waals surface area contributed by atoms with Crippen molar-refractivity contribution in [1.29, 1.82) is 0 Å². The molecule has 9 heteroatoms. The third kappa shape index (κ3) is 4.43. The Labute approximate surface area is 177 Å². The summed E-state index contributed by atoms with van der Waals surface area (Å²) in [5.41, 5.74) is 1.50. The second-order valence-corrected chi connectivity index (χ2v) is 9.29. The lowest BCUT2D eigenvalue weighted by Gasteiger charge is -2.04. The molecular weight excluding hydrogens is 422 g/mol. The smallest absolute Gasteiger partial charge is 0.264 e. The maximum absolute atomic E-state index is 11.1. The van der Waals surface area contributed by atoms with Gasteiger partial charge in [0.2, 0.25) is 4.80 Å². The molecule has 2 N–H and O–H groups in total. The van der Waals surface area contributed by atoms with Crippen molar-refractivity contribution in [2.45, 2.75) is 13.0 Å². The molecule has 3 aromatic carbocycles. The van der Waals surface area contributed by atoms with E-state index in [0.717, 1.165) is 21.0 Å². The lowest BCUT2D eigenvalue weighted by molar-refractivity contribution is 0.475. The Kier molecular flexibility index (Phi) is 5.67. The molecule has 7 nitrogen and oxygen atoms in total. The minimum Gasteiger partial charge on any atom is -0.507 e. The molecule has 0 atom stereocenters. The maximum Gasteiger partial charge on any atom is 0.264 e. The number of aromatic hydroxyl groups is 1. The van der Waals surface area contributed by atoms with Gasteiger partial charge in [-0.2, -0.15) is 13.5 Å². The molecule has 0 bridgehead atoms. The van der Waals surface area contributed by atoms with Crippen molar-refractivity contribution >= 4 is 48.7 Å². The van der Waals surface area contributed by atoms with Crippen LogP contribution in [0.15, 0.2) is 70.9 Å². The van der Waals surface area contributed by atoms with E-state index in [9.17, 15) is 13.5 Å². The Balaban J connectivity index is 1.73. The normalized spacial score (nSPS) is 13.0. The SMILES string of the molecule is O=S(=O)(O)CCCn1/c(=N\N=C\c2c(O)ccc3ccccc23)sc2ccccc21. The fourth-order valence-corrected chi connectivity index (χ4v) is 4.78. The number of benzene rings is 3. The summed E-state index contributed by atoms with van der Waals surface area (Å²) in [6.45, 7) is 0.373. The van der Waals surface area contributed by atoms with Gasteiger partial charge >= 0.3 is 0 Å². The molecule has 1 heterocycles. The van der Waals surface area contributed by atoms with E-state index in [1.165, 1.54) is 17.6 Å². The molecule has 0 aliphatic rings. The highest BCUT2D eigenvalue weighted by Crippen LogP contribution is 2.25. The Hall–Kier alpha value is -3.01. The van der Waals surface area contributed by atoms with Crippen LogP contribution in [0.5, 0.6) is 5.75 Å². The van der Waals surface area contributed by atoms with Crippen molar-refractivity contribution in [2.24, 2.45) is 10.2 Å². The van der Waals surface area contributed by atoms with Crippen molar-refractivity contribution in [1.82, 2.24) is 4.57 Å². The molecule has 4 aromatic rings. The number of hydrogen-bond donors (Lipinski definition) is 2. The zero-order valence-corrected chi connectivity index (χ0v) is 17.5. The standard InChI is InChI=1S/C21H19N3O4S2/c25-19-11-10-15-6-1-2-7-16(15)17(19)14-22-23-21-24(12-5-13-30(26,27)28)18-8-3-4-9-20(18)29-21/h1-4,6-11,14,25H,5,12-13H2,(H,26,27,28)/b22-14+,23-21+. The lowest BCUT2D eigenvalue weighted by atomic mass is 10.0. The second kappa shape index (κ2) is 8.39. The van der Waals surface area contributed by atoms with E-state index in [4.69, 9.17) is 4.55 Å². The van der Waals surface area contributed by atoms with Crippen LogP contribution in [-0.2, 0) is 16.7 Å². The molecule has 0 saturated heterocycles. The van der Waals surface area contributed by atoms with Gasteiger partial charge in [-0.05, 0) is 35.4 Å². The van der Waals surface area contributed by atoms with E-state index >= 15 is 0 Å². The van der Waals surface area contributed by atoms with Gasteiger partial charge in [0.1, 0.15) is 5.75 Å². The third-order valence-corrected chi connectivity index (χ3v) is 6.50. The van der Waals surface area contributed by atoms with Crippen molar-refractivity contribution in [2.75, 3.05) is 5.75 Å². The van der Waals surface area contributed by atoms with Gasteiger partial charge in [0.25, 0.3) is 10.1 Å². The summed E-state index contributed by atoms with van der Waals surface area (Å²) < 4.78 is 34.0. The first-order chi connectivity index (χ1) is 14.4. The lowest BCUT2D eigenvalue weighted by Crippen LogP contribution is -2.17. The number of phenolic OH excluding ortho intramolecular Hbond substituents is 1. The van der Waals surface area contributed by atoms with Gasteiger partial charge in [-0.15, -0.1) is 5.10 Å². The molecule has 0 fully saturated rings. The number of phenols is 1. The molecule has 1 aromatic heterocycles. The van der Waals surface area contributed by atoms with Crippen LogP contribution in [-0.4, -0.2) is 34.6 Å². The minimum atomic E-state index is -4.02. The molecule has 30 heavy (non-hydrogen) atoms. The minimum absolute atomic E-state index is 0.116. The highest BCUT2D eigenvalue weighted by atomic mass is 32.2. The van der Waals surface area contributed by atoms with Gasteiger partial charge in [-0.25, -0.2) is 0 Å². The number of hydrogen-bond acceptors (Lipinski definition) is 6.